The average molecular weight is 593 g/mol. The van der Waals surface area contributed by atoms with E-state index >= 15 is 0 Å². The van der Waals surface area contributed by atoms with E-state index in [0.717, 1.165) is 14.3 Å². The summed E-state index contributed by atoms with van der Waals surface area (Å²) in [4.78, 5) is 57.2. The minimum absolute atomic E-state index is 0.0994. The van der Waals surface area contributed by atoms with Crippen LogP contribution >= 0.6 is 15.9 Å². The van der Waals surface area contributed by atoms with E-state index in [2.05, 4.69) is 15.9 Å². The molecule has 3 aromatic carbocycles. The minimum Gasteiger partial charge on any atom is -0.443 e. The lowest BCUT2D eigenvalue weighted by Gasteiger charge is -2.33. The third-order valence-electron chi connectivity index (χ3n) is 6.98. The van der Waals surface area contributed by atoms with Gasteiger partial charge in [0.2, 0.25) is 17.7 Å². The van der Waals surface area contributed by atoms with Crippen molar-refractivity contribution in [3.63, 3.8) is 0 Å². The van der Waals surface area contributed by atoms with Crippen LogP contribution in [0.5, 0.6) is 0 Å². The molecule has 1 fully saturated rings. The number of amides is 4. The van der Waals surface area contributed by atoms with E-state index in [9.17, 15) is 23.6 Å². The summed E-state index contributed by atoms with van der Waals surface area (Å²) in [7, 11) is 0. The fourth-order valence-corrected chi connectivity index (χ4v) is 5.70. The molecule has 0 N–H and O–H groups in total. The van der Waals surface area contributed by atoms with Gasteiger partial charge < -0.3 is 4.74 Å². The quantitative estimate of drug-likeness (QED) is 0.351. The fraction of sp³-hybridized carbons (Fsp3) is 0.267. The number of para-hydroxylation sites is 1. The molecule has 9 heteroatoms. The first-order valence-electron chi connectivity index (χ1n) is 12.5. The van der Waals surface area contributed by atoms with E-state index in [-0.39, 0.29) is 18.5 Å². The highest BCUT2D eigenvalue weighted by Crippen LogP contribution is 2.52. The summed E-state index contributed by atoms with van der Waals surface area (Å²) in [6.45, 7) is 5.06. The Bertz CT molecular complexity index is 1500. The van der Waals surface area contributed by atoms with Gasteiger partial charge in [0.05, 0.1) is 22.7 Å². The molecule has 7 nitrogen and oxygen atoms in total. The summed E-state index contributed by atoms with van der Waals surface area (Å²) < 4.78 is 20.6. The van der Waals surface area contributed by atoms with Gasteiger partial charge >= 0.3 is 6.09 Å². The van der Waals surface area contributed by atoms with Gasteiger partial charge in [-0.2, -0.15) is 0 Å². The molecule has 1 saturated heterocycles. The van der Waals surface area contributed by atoms with Crippen LogP contribution in [0.25, 0.3) is 0 Å². The molecule has 4 amide bonds. The third kappa shape index (κ3) is 4.65. The molecule has 0 saturated carbocycles. The first-order chi connectivity index (χ1) is 18.4. The Balaban J connectivity index is 1.68. The Morgan fingerprint density at radius 2 is 1.72 bits per heavy atom. The summed E-state index contributed by atoms with van der Waals surface area (Å²) in [6.07, 6.45) is -1.24. The van der Waals surface area contributed by atoms with Crippen molar-refractivity contribution in [1.29, 1.82) is 0 Å². The Labute approximate surface area is 233 Å². The Kier molecular flexibility index (Phi) is 6.66. The molecule has 5 rings (SSSR count). The van der Waals surface area contributed by atoms with Gasteiger partial charge in [-0.15, -0.1) is 0 Å². The highest BCUT2D eigenvalue weighted by molar-refractivity contribution is 9.10. The Morgan fingerprint density at radius 1 is 1.03 bits per heavy atom. The number of hydrogen-bond acceptors (Lipinski definition) is 5. The van der Waals surface area contributed by atoms with Crippen LogP contribution in [0.2, 0.25) is 0 Å². The maximum absolute atomic E-state index is 14.5. The average Bonchev–Trinajstić information content (AvgIpc) is 3.29. The first kappa shape index (κ1) is 26.7. The second-order valence-corrected chi connectivity index (χ2v) is 11.6. The maximum Gasteiger partial charge on any atom is 0.421 e. The minimum atomic E-state index is -1.65. The molecule has 0 spiro atoms. The number of carbonyl (C=O) groups is 4. The van der Waals surface area contributed by atoms with Crippen LogP contribution in [-0.4, -0.2) is 29.4 Å². The van der Waals surface area contributed by atoms with Crippen molar-refractivity contribution in [3.05, 3.63) is 94.2 Å². The van der Waals surface area contributed by atoms with E-state index < -0.39 is 46.6 Å². The summed E-state index contributed by atoms with van der Waals surface area (Å²) in [6, 6.07) is 19.1. The van der Waals surface area contributed by atoms with Gasteiger partial charge in [-0.05, 0) is 80.8 Å². The van der Waals surface area contributed by atoms with Crippen LogP contribution < -0.4 is 9.80 Å². The standard InChI is InChI=1S/C30H26BrFN2O5/c1-29(2,3)39-28(38)34-24-10-5-4-9-22(24)30(27(34)37,17-18-7-6-8-20(32)15-18)23-16-25(35)33(26(23)36)21-13-11-19(31)12-14-21/h4-15,23H,16-17H2,1-3H3/t23-,30-/m1/s1. The Hall–Kier alpha value is -3.85. The number of imide groups is 2. The molecular weight excluding hydrogens is 567 g/mol. The summed E-state index contributed by atoms with van der Waals surface area (Å²) in [5, 5.41) is 0. The van der Waals surface area contributed by atoms with Crippen molar-refractivity contribution in [2.75, 3.05) is 9.80 Å². The largest absolute Gasteiger partial charge is 0.443 e. The molecular formula is C30H26BrFN2O5. The molecule has 0 bridgehead atoms. The highest BCUT2D eigenvalue weighted by atomic mass is 79.9. The molecule has 2 aliphatic rings. The van der Waals surface area contributed by atoms with Crippen molar-refractivity contribution in [3.8, 4) is 0 Å². The van der Waals surface area contributed by atoms with E-state index in [0.29, 0.717) is 16.8 Å². The zero-order chi connectivity index (χ0) is 28.1. The number of anilines is 2. The number of ether oxygens (including phenoxy) is 1. The van der Waals surface area contributed by atoms with Crippen molar-refractivity contribution >= 4 is 51.1 Å². The smallest absolute Gasteiger partial charge is 0.421 e. The number of rotatable bonds is 4. The van der Waals surface area contributed by atoms with Gasteiger partial charge in [-0.1, -0.05) is 46.3 Å². The molecule has 0 aromatic heterocycles. The number of benzene rings is 3. The normalized spacial score (nSPS) is 20.9. The van der Waals surface area contributed by atoms with Crippen LogP contribution in [-0.2, 0) is 31.0 Å². The number of halogens is 2. The van der Waals surface area contributed by atoms with Crippen molar-refractivity contribution in [2.24, 2.45) is 5.92 Å². The lowest BCUT2D eigenvalue weighted by atomic mass is 9.66. The maximum atomic E-state index is 14.5. The van der Waals surface area contributed by atoms with Crippen LogP contribution in [0, 0.1) is 11.7 Å². The molecule has 0 radical (unpaired) electrons. The third-order valence-corrected chi connectivity index (χ3v) is 7.51. The van der Waals surface area contributed by atoms with Gasteiger partial charge in [0.25, 0.3) is 0 Å². The van der Waals surface area contributed by atoms with Crippen LogP contribution in [0.4, 0.5) is 20.6 Å². The molecule has 2 aliphatic heterocycles. The number of fused-ring (bicyclic) bond motifs is 1. The van der Waals surface area contributed by atoms with Gasteiger partial charge in [0, 0.05) is 10.9 Å². The molecule has 3 aromatic rings. The van der Waals surface area contributed by atoms with Crippen LogP contribution in [0.3, 0.4) is 0 Å². The van der Waals surface area contributed by atoms with Crippen LogP contribution in [0.15, 0.2) is 77.3 Å². The summed E-state index contributed by atoms with van der Waals surface area (Å²) in [5.41, 5.74) is -1.04. The number of carbonyl (C=O) groups excluding carboxylic acids is 4. The highest BCUT2D eigenvalue weighted by Gasteiger charge is 2.63. The number of nitrogens with zero attached hydrogens (tertiary/aromatic N) is 2. The SMILES string of the molecule is CC(C)(C)OC(=O)N1C(=O)[C@@](Cc2cccc(F)c2)([C@@H]2CC(=O)N(c3ccc(Br)cc3)C2=O)c2ccccc21. The van der Waals surface area contributed by atoms with Gasteiger partial charge in [-0.3, -0.25) is 19.3 Å². The second kappa shape index (κ2) is 9.72. The van der Waals surface area contributed by atoms with E-state index in [1.807, 2.05) is 0 Å². The Morgan fingerprint density at radius 3 is 2.38 bits per heavy atom. The molecule has 200 valence electrons. The first-order valence-corrected chi connectivity index (χ1v) is 13.3. The zero-order valence-corrected chi connectivity index (χ0v) is 23.2. The van der Waals surface area contributed by atoms with E-state index in [1.165, 1.54) is 18.2 Å². The topological polar surface area (TPSA) is 84.0 Å². The van der Waals surface area contributed by atoms with Crippen molar-refractivity contribution in [1.82, 2.24) is 0 Å². The predicted molar refractivity (Wildman–Crippen MR) is 147 cm³/mol. The molecule has 0 aliphatic carbocycles. The molecule has 2 atom stereocenters. The second-order valence-electron chi connectivity index (χ2n) is 10.7. The molecule has 39 heavy (non-hydrogen) atoms. The van der Waals surface area contributed by atoms with Gasteiger partial charge in [0.1, 0.15) is 11.4 Å². The van der Waals surface area contributed by atoms with Gasteiger partial charge in [0.15, 0.2) is 0 Å². The molecule has 2 heterocycles. The summed E-state index contributed by atoms with van der Waals surface area (Å²) >= 11 is 3.36. The fourth-order valence-electron chi connectivity index (χ4n) is 5.44. The lowest BCUT2D eigenvalue weighted by molar-refractivity contribution is -0.131. The van der Waals surface area contributed by atoms with Crippen LogP contribution in [0.1, 0.15) is 38.3 Å². The van der Waals surface area contributed by atoms with Crippen molar-refractivity contribution < 1.29 is 28.3 Å². The molecule has 0 unspecified atom stereocenters. The zero-order valence-electron chi connectivity index (χ0n) is 21.6. The van der Waals surface area contributed by atoms with E-state index in [1.54, 1.807) is 75.4 Å². The predicted octanol–water partition coefficient (Wildman–Crippen LogP) is 5.93. The van der Waals surface area contributed by atoms with E-state index in [4.69, 9.17) is 4.74 Å². The monoisotopic (exact) mass is 592 g/mol. The lowest BCUT2D eigenvalue weighted by Crippen LogP contribution is -2.52. The van der Waals surface area contributed by atoms with Crippen molar-refractivity contribution in [2.45, 2.75) is 44.6 Å². The number of hydrogen-bond donors (Lipinski definition) is 0. The summed E-state index contributed by atoms with van der Waals surface area (Å²) in [5.74, 6) is -3.36. The van der Waals surface area contributed by atoms with Gasteiger partial charge in [-0.25, -0.2) is 14.1 Å².